The summed E-state index contributed by atoms with van der Waals surface area (Å²) in [6.45, 7) is 8.83. The van der Waals surface area contributed by atoms with Crippen LogP contribution in [0.15, 0.2) is 12.3 Å². The zero-order chi connectivity index (χ0) is 14.7. The van der Waals surface area contributed by atoms with Crippen molar-refractivity contribution in [2.45, 2.75) is 64.6 Å². The maximum Gasteiger partial charge on any atom is 0.0765 e. The van der Waals surface area contributed by atoms with Gasteiger partial charge >= 0.3 is 0 Å². The van der Waals surface area contributed by atoms with E-state index in [0.29, 0.717) is 12.1 Å². The van der Waals surface area contributed by atoms with E-state index in [-0.39, 0.29) is 0 Å². The highest BCUT2D eigenvalue weighted by molar-refractivity contribution is 5.01. The minimum atomic E-state index is 0.455. The van der Waals surface area contributed by atoms with E-state index in [2.05, 4.69) is 41.0 Å². The van der Waals surface area contributed by atoms with Gasteiger partial charge in [-0.1, -0.05) is 19.3 Å². The summed E-state index contributed by atoms with van der Waals surface area (Å²) in [4.78, 5) is 2.68. The first-order chi connectivity index (χ1) is 10.2. The van der Waals surface area contributed by atoms with Crippen LogP contribution in [0.1, 0.15) is 57.7 Å². The Balaban J connectivity index is 1.65. The summed E-state index contributed by atoms with van der Waals surface area (Å²) in [7, 11) is 0. The van der Waals surface area contributed by atoms with Crippen LogP contribution in [0.5, 0.6) is 0 Å². The Kier molecular flexibility index (Phi) is 4.96. The molecule has 3 rings (SSSR count). The van der Waals surface area contributed by atoms with Crippen LogP contribution >= 0.6 is 0 Å². The summed E-state index contributed by atoms with van der Waals surface area (Å²) < 4.78 is 2.08. The largest absolute Gasteiger partial charge is 0.314 e. The molecular weight excluding hydrogens is 260 g/mol. The van der Waals surface area contributed by atoms with Gasteiger partial charge in [-0.05, 0) is 38.7 Å². The van der Waals surface area contributed by atoms with Crippen molar-refractivity contribution < 1.29 is 0 Å². The average Bonchev–Trinajstić information content (AvgIpc) is 2.98. The number of nitrogens with zero attached hydrogens (tertiary/aromatic N) is 3. The molecule has 1 aromatic rings. The molecule has 2 fully saturated rings. The Bertz CT molecular complexity index is 434. The molecule has 2 heterocycles. The van der Waals surface area contributed by atoms with Crippen molar-refractivity contribution in [1.82, 2.24) is 20.0 Å². The second-order valence-electron chi connectivity index (χ2n) is 7.02. The average molecular weight is 290 g/mol. The van der Waals surface area contributed by atoms with E-state index in [0.717, 1.165) is 32.1 Å². The van der Waals surface area contributed by atoms with E-state index in [1.165, 1.54) is 37.8 Å². The van der Waals surface area contributed by atoms with Crippen molar-refractivity contribution in [3.63, 3.8) is 0 Å². The van der Waals surface area contributed by atoms with Crippen molar-refractivity contribution in [3.8, 4) is 0 Å². The Morgan fingerprint density at radius 2 is 2.10 bits per heavy atom. The first-order valence-electron chi connectivity index (χ1n) is 8.73. The molecule has 1 aromatic heterocycles. The number of piperazine rings is 1. The summed E-state index contributed by atoms with van der Waals surface area (Å²) in [6.07, 6.45) is 9.26. The van der Waals surface area contributed by atoms with Gasteiger partial charge in [-0.2, -0.15) is 5.10 Å². The normalized spacial score (nSPS) is 25.6. The predicted octanol–water partition coefficient (Wildman–Crippen LogP) is 2.82. The first kappa shape index (κ1) is 15.0. The first-order valence-corrected chi connectivity index (χ1v) is 8.73. The van der Waals surface area contributed by atoms with E-state index in [4.69, 9.17) is 5.10 Å². The van der Waals surface area contributed by atoms with Crippen molar-refractivity contribution in [2.24, 2.45) is 5.92 Å². The molecule has 0 bridgehead atoms. The molecule has 1 aliphatic carbocycles. The van der Waals surface area contributed by atoms with Crippen molar-refractivity contribution in [1.29, 1.82) is 0 Å². The number of aromatic nitrogens is 2. The van der Waals surface area contributed by atoms with Crippen LogP contribution in [0.3, 0.4) is 0 Å². The zero-order valence-corrected chi connectivity index (χ0v) is 13.6. The molecule has 1 saturated heterocycles. The van der Waals surface area contributed by atoms with Gasteiger partial charge in [-0.25, -0.2) is 0 Å². The predicted molar refractivity (Wildman–Crippen MR) is 86.3 cm³/mol. The summed E-state index contributed by atoms with van der Waals surface area (Å²) >= 11 is 0. The molecule has 2 aliphatic rings. The van der Waals surface area contributed by atoms with Crippen LogP contribution in [0, 0.1) is 5.92 Å². The second-order valence-corrected chi connectivity index (χ2v) is 7.02. The van der Waals surface area contributed by atoms with Gasteiger partial charge in [0, 0.05) is 44.5 Å². The number of hydrogen-bond donors (Lipinski definition) is 1. The van der Waals surface area contributed by atoms with Gasteiger partial charge in [0.05, 0.1) is 5.69 Å². The van der Waals surface area contributed by atoms with E-state index in [1.54, 1.807) is 0 Å². The Hall–Kier alpha value is -0.870. The highest BCUT2D eigenvalue weighted by Gasteiger charge is 2.30. The summed E-state index contributed by atoms with van der Waals surface area (Å²) in [5.41, 5.74) is 1.23. The quantitative estimate of drug-likeness (QED) is 0.925. The molecule has 0 aromatic carbocycles. The molecule has 1 aliphatic heterocycles. The third kappa shape index (κ3) is 3.67. The maximum absolute atomic E-state index is 4.74. The molecule has 4 nitrogen and oxygen atoms in total. The molecule has 0 radical (unpaired) electrons. The molecule has 0 amide bonds. The lowest BCUT2D eigenvalue weighted by atomic mass is 9.82. The lowest BCUT2D eigenvalue weighted by Crippen LogP contribution is -2.54. The minimum absolute atomic E-state index is 0.455. The summed E-state index contributed by atoms with van der Waals surface area (Å²) in [5, 5.41) is 8.34. The van der Waals surface area contributed by atoms with Gasteiger partial charge in [0.2, 0.25) is 0 Å². The second kappa shape index (κ2) is 6.93. The third-order valence-electron chi connectivity index (χ3n) is 5.15. The van der Waals surface area contributed by atoms with Gasteiger partial charge in [0.25, 0.3) is 0 Å². The van der Waals surface area contributed by atoms with Crippen LogP contribution in [0.4, 0.5) is 0 Å². The van der Waals surface area contributed by atoms with Crippen molar-refractivity contribution in [3.05, 3.63) is 18.0 Å². The highest BCUT2D eigenvalue weighted by Crippen LogP contribution is 2.30. The summed E-state index contributed by atoms with van der Waals surface area (Å²) in [6, 6.07) is 3.36. The van der Waals surface area contributed by atoms with Gasteiger partial charge in [-0.15, -0.1) is 0 Å². The van der Waals surface area contributed by atoms with Crippen LogP contribution in [-0.2, 0) is 6.54 Å². The molecule has 118 valence electrons. The molecule has 1 atom stereocenters. The van der Waals surface area contributed by atoms with E-state index in [1.807, 2.05) is 0 Å². The Morgan fingerprint density at radius 3 is 2.81 bits per heavy atom. The van der Waals surface area contributed by atoms with Gasteiger partial charge < -0.3 is 5.32 Å². The van der Waals surface area contributed by atoms with Crippen LogP contribution < -0.4 is 5.32 Å². The topological polar surface area (TPSA) is 33.1 Å². The highest BCUT2D eigenvalue weighted by atomic mass is 15.3. The molecule has 0 spiro atoms. The van der Waals surface area contributed by atoms with Crippen LogP contribution in [0.25, 0.3) is 0 Å². The fourth-order valence-electron chi connectivity index (χ4n) is 3.90. The molecular formula is C17H30N4. The Labute approximate surface area is 128 Å². The fourth-order valence-corrected chi connectivity index (χ4v) is 3.90. The van der Waals surface area contributed by atoms with Gasteiger partial charge in [0.1, 0.15) is 0 Å². The fraction of sp³-hybridized carbons (Fsp3) is 0.824. The maximum atomic E-state index is 4.74. The summed E-state index contributed by atoms with van der Waals surface area (Å²) in [5.74, 6) is 0.888. The van der Waals surface area contributed by atoms with Crippen molar-refractivity contribution in [2.75, 3.05) is 19.6 Å². The zero-order valence-electron chi connectivity index (χ0n) is 13.6. The van der Waals surface area contributed by atoms with Crippen LogP contribution in [-0.4, -0.2) is 40.4 Å². The number of nitrogens with one attached hydrogen (secondary N) is 1. The van der Waals surface area contributed by atoms with Crippen LogP contribution in [0.2, 0.25) is 0 Å². The molecule has 1 saturated carbocycles. The smallest absolute Gasteiger partial charge is 0.0765 e. The SMILES string of the molecule is CC(C)n1ccc(CN2CCNCC2C2CCCCC2)n1. The molecule has 4 heteroatoms. The van der Waals surface area contributed by atoms with E-state index < -0.39 is 0 Å². The third-order valence-corrected chi connectivity index (χ3v) is 5.15. The van der Waals surface area contributed by atoms with E-state index in [9.17, 15) is 0 Å². The number of rotatable bonds is 4. The van der Waals surface area contributed by atoms with Crippen molar-refractivity contribution >= 4 is 0 Å². The Morgan fingerprint density at radius 1 is 1.29 bits per heavy atom. The minimum Gasteiger partial charge on any atom is -0.314 e. The van der Waals surface area contributed by atoms with Gasteiger partial charge in [0.15, 0.2) is 0 Å². The molecule has 21 heavy (non-hydrogen) atoms. The standard InChI is InChI=1S/C17H30N4/c1-14(2)21-10-8-16(19-21)13-20-11-9-18-12-17(20)15-6-4-3-5-7-15/h8,10,14-15,17-18H,3-7,9,11-13H2,1-2H3. The lowest BCUT2D eigenvalue weighted by molar-refractivity contribution is 0.0846. The molecule has 1 unspecified atom stereocenters. The van der Waals surface area contributed by atoms with Gasteiger partial charge in [-0.3, -0.25) is 9.58 Å². The molecule has 1 N–H and O–H groups in total. The number of hydrogen-bond acceptors (Lipinski definition) is 3. The van der Waals surface area contributed by atoms with E-state index >= 15 is 0 Å². The monoisotopic (exact) mass is 290 g/mol. The lowest BCUT2D eigenvalue weighted by Gasteiger charge is -2.42.